The third-order valence-electron chi connectivity index (χ3n) is 6.79. The van der Waals surface area contributed by atoms with E-state index in [2.05, 4.69) is 15.2 Å². The van der Waals surface area contributed by atoms with Crippen LogP contribution in [0.25, 0.3) is 34.0 Å². The number of hydrogen-bond donors (Lipinski definition) is 0. The minimum absolute atomic E-state index is 0.0418. The fraction of sp³-hybridized carbons (Fsp3) is 0.345. The highest BCUT2D eigenvalue weighted by atomic mass is 19.4. The highest BCUT2D eigenvalue weighted by Gasteiger charge is 2.44. The number of esters is 1. The maximum absolute atomic E-state index is 14.2. The van der Waals surface area contributed by atoms with Crippen molar-refractivity contribution < 1.29 is 36.5 Å². The van der Waals surface area contributed by atoms with E-state index in [0.717, 1.165) is 5.56 Å². The van der Waals surface area contributed by atoms with E-state index in [1.54, 1.807) is 18.2 Å². The third-order valence-corrected chi connectivity index (χ3v) is 6.79. The van der Waals surface area contributed by atoms with Crippen LogP contribution < -0.4 is 4.74 Å². The van der Waals surface area contributed by atoms with E-state index < -0.39 is 28.8 Å². The van der Waals surface area contributed by atoms with Gasteiger partial charge >= 0.3 is 12.1 Å². The van der Waals surface area contributed by atoms with Gasteiger partial charge in [0, 0.05) is 30.8 Å². The zero-order chi connectivity index (χ0) is 28.2. The lowest BCUT2D eigenvalue weighted by Gasteiger charge is -2.39. The van der Waals surface area contributed by atoms with Crippen LogP contribution in [0.3, 0.4) is 0 Å². The molecular weight excluding hydrogens is 527 g/mol. The number of nitrogens with zero attached hydrogens (tertiary/aromatic N) is 3. The van der Waals surface area contributed by atoms with Gasteiger partial charge in [0.25, 0.3) is 0 Å². The topological polar surface area (TPSA) is 90.8 Å². The Morgan fingerprint density at radius 2 is 1.70 bits per heavy atom. The molecule has 40 heavy (non-hydrogen) atoms. The zero-order valence-corrected chi connectivity index (χ0v) is 22.0. The van der Waals surface area contributed by atoms with Crippen molar-refractivity contribution in [3.8, 4) is 39.8 Å². The van der Waals surface area contributed by atoms with E-state index in [1.165, 1.54) is 12.1 Å². The minimum atomic E-state index is -4.75. The molecule has 0 N–H and O–H groups in total. The van der Waals surface area contributed by atoms with Gasteiger partial charge in [-0.05, 0) is 38.5 Å². The summed E-state index contributed by atoms with van der Waals surface area (Å²) in [5, 5.41) is 7.83. The standard InChI is InChI=1S/C29H26F3N3O5/c1-28(2,3)38-27(36)18-13-35(14-18)12-16-9-10-19-21(11-16)37-15-20-23(19)33-40-26(20)24-22(29(30,31)32)25(39-34-24)17-7-5-4-6-8-17/h4-11,18H,12-15H2,1-3H3. The average molecular weight is 554 g/mol. The molecule has 0 amide bonds. The van der Waals surface area contributed by atoms with Crippen molar-refractivity contribution in [2.45, 2.75) is 45.7 Å². The molecule has 4 aromatic rings. The number of benzene rings is 2. The maximum Gasteiger partial charge on any atom is 0.422 e. The number of carbonyl (C=O) groups is 1. The summed E-state index contributed by atoms with van der Waals surface area (Å²) in [6.45, 7) is 7.33. The first-order valence-corrected chi connectivity index (χ1v) is 12.8. The first-order chi connectivity index (χ1) is 19.0. The van der Waals surface area contributed by atoms with Gasteiger partial charge in [0.15, 0.2) is 17.2 Å². The predicted octanol–water partition coefficient (Wildman–Crippen LogP) is 6.35. The van der Waals surface area contributed by atoms with Gasteiger partial charge in [-0.25, -0.2) is 0 Å². The van der Waals surface area contributed by atoms with E-state index in [-0.39, 0.29) is 29.8 Å². The van der Waals surface area contributed by atoms with E-state index in [1.807, 2.05) is 39.0 Å². The molecule has 0 radical (unpaired) electrons. The number of aromatic nitrogens is 2. The summed E-state index contributed by atoms with van der Waals surface area (Å²) >= 11 is 0. The second kappa shape index (κ2) is 9.51. The number of halogens is 3. The summed E-state index contributed by atoms with van der Waals surface area (Å²) in [6.07, 6.45) is -4.75. The number of alkyl halides is 3. The number of rotatable bonds is 5. The van der Waals surface area contributed by atoms with E-state index in [0.29, 0.717) is 42.2 Å². The Labute approximate surface area is 227 Å². The highest BCUT2D eigenvalue weighted by Crippen LogP contribution is 2.47. The van der Waals surface area contributed by atoms with E-state index in [4.69, 9.17) is 18.5 Å². The number of hydrogen-bond acceptors (Lipinski definition) is 8. The molecule has 1 fully saturated rings. The molecule has 208 valence electrons. The van der Waals surface area contributed by atoms with Crippen LogP contribution in [0.4, 0.5) is 13.2 Å². The molecule has 4 heterocycles. The van der Waals surface area contributed by atoms with Crippen molar-refractivity contribution >= 4 is 5.97 Å². The Balaban J connectivity index is 1.23. The van der Waals surface area contributed by atoms with Gasteiger partial charge in [-0.15, -0.1) is 0 Å². The molecule has 0 aliphatic carbocycles. The summed E-state index contributed by atoms with van der Waals surface area (Å²) in [5.74, 6) is -0.324. The lowest BCUT2D eigenvalue weighted by molar-refractivity contribution is -0.166. The molecule has 0 bridgehead atoms. The molecule has 0 spiro atoms. The molecule has 11 heteroatoms. The molecule has 0 unspecified atom stereocenters. The molecule has 6 rings (SSSR count). The summed E-state index contributed by atoms with van der Waals surface area (Å²) in [6, 6.07) is 13.6. The maximum atomic E-state index is 14.2. The van der Waals surface area contributed by atoms with Crippen LogP contribution in [0, 0.1) is 5.92 Å². The number of carbonyl (C=O) groups excluding carboxylic acids is 1. The van der Waals surface area contributed by atoms with Crippen LogP contribution in [0.5, 0.6) is 5.75 Å². The third kappa shape index (κ3) is 4.85. The lowest BCUT2D eigenvalue weighted by atomic mass is 9.96. The summed E-state index contributed by atoms with van der Waals surface area (Å²) in [5.41, 5.74) is 0.567. The number of fused-ring (bicyclic) bond motifs is 3. The Hall–Kier alpha value is -4.12. The van der Waals surface area contributed by atoms with E-state index >= 15 is 0 Å². The predicted molar refractivity (Wildman–Crippen MR) is 137 cm³/mol. The fourth-order valence-corrected chi connectivity index (χ4v) is 4.96. The van der Waals surface area contributed by atoms with Gasteiger partial charge in [0.1, 0.15) is 29.2 Å². The monoisotopic (exact) mass is 553 g/mol. The smallest absolute Gasteiger partial charge is 0.422 e. The minimum Gasteiger partial charge on any atom is -0.488 e. The van der Waals surface area contributed by atoms with Gasteiger partial charge in [-0.3, -0.25) is 9.69 Å². The molecule has 2 aromatic carbocycles. The van der Waals surface area contributed by atoms with Crippen molar-refractivity contribution in [3.05, 3.63) is 65.2 Å². The Morgan fingerprint density at radius 3 is 2.40 bits per heavy atom. The number of likely N-dealkylation sites (tertiary alicyclic amines) is 1. The van der Waals surface area contributed by atoms with Crippen molar-refractivity contribution in [1.82, 2.24) is 15.2 Å². The summed E-state index contributed by atoms with van der Waals surface area (Å²) < 4.78 is 64.6. The van der Waals surface area contributed by atoms with Crippen LogP contribution in [-0.2, 0) is 28.9 Å². The van der Waals surface area contributed by atoms with Gasteiger partial charge in [-0.1, -0.05) is 46.7 Å². The van der Waals surface area contributed by atoms with Gasteiger partial charge < -0.3 is 18.5 Å². The SMILES string of the molecule is CC(C)(C)OC(=O)C1CN(Cc2ccc3c(c2)OCc2c-3noc2-c2noc(-c3ccccc3)c2C(F)(F)F)C1. The first-order valence-electron chi connectivity index (χ1n) is 12.8. The van der Waals surface area contributed by atoms with Crippen molar-refractivity contribution in [2.24, 2.45) is 5.92 Å². The molecule has 0 saturated carbocycles. The van der Waals surface area contributed by atoms with Crippen LogP contribution in [0.2, 0.25) is 0 Å². The molecule has 1 saturated heterocycles. The van der Waals surface area contributed by atoms with E-state index in [9.17, 15) is 18.0 Å². The Kier molecular flexibility index (Phi) is 6.21. The van der Waals surface area contributed by atoms with Crippen molar-refractivity contribution in [2.75, 3.05) is 13.1 Å². The average Bonchev–Trinajstić information content (AvgIpc) is 3.49. The van der Waals surface area contributed by atoms with Crippen molar-refractivity contribution in [3.63, 3.8) is 0 Å². The summed E-state index contributed by atoms with van der Waals surface area (Å²) in [4.78, 5) is 14.4. The van der Waals surface area contributed by atoms with Crippen molar-refractivity contribution in [1.29, 1.82) is 0 Å². The van der Waals surface area contributed by atoms with Gasteiger partial charge in [0.05, 0.1) is 11.5 Å². The Bertz CT molecular complexity index is 1560. The molecule has 2 aromatic heterocycles. The normalized spacial score (nSPS) is 15.7. The largest absolute Gasteiger partial charge is 0.488 e. The fourth-order valence-electron chi connectivity index (χ4n) is 4.96. The van der Waals surface area contributed by atoms with Gasteiger partial charge in [-0.2, -0.15) is 13.2 Å². The lowest BCUT2D eigenvalue weighted by Crippen LogP contribution is -2.51. The van der Waals surface area contributed by atoms with Crippen LogP contribution >= 0.6 is 0 Å². The number of ether oxygens (including phenoxy) is 2. The second-order valence-corrected chi connectivity index (χ2v) is 11.0. The molecule has 8 nitrogen and oxygen atoms in total. The first kappa shape index (κ1) is 26.1. The molecule has 2 aliphatic rings. The Morgan fingerprint density at radius 1 is 1.00 bits per heavy atom. The molecular formula is C29H26F3N3O5. The summed E-state index contributed by atoms with van der Waals surface area (Å²) in [7, 11) is 0. The molecule has 0 atom stereocenters. The van der Waals surface area contributed by atoms with Crippen LogP contribution in [0.15, 0.2) is 57.6 Å². The highest BCUT2D eigenvalue weighted by molar-refractivity contribution is 5.80. The quantitative estimate of drug-likeness (QED) is 0.264. The van der Waals surface area contributed by atoms with Gasteiger partial charge in [0.2, 0.25) is 0 Å². The van der Waals surface area contributed by atoms with Crippen LogP contribution in [-0.4, -0.2) is 39.9 Å². The molecule has 2 aliphatic heterocycles. The zero-order valence-electron chi connectivity index (χ0n) is 22.0. The van der Waals surface area contributed by atoms with Crippen LogP contribution in [0.1, 0.15) is 37.5 Å². The second-order valence-electron chi connectivity index (χ2n) is 11.0.